The van der Waals surface area contributed by atoms with E-state index in [0.717, 1.165) is 12.6 Å². The molecule has 1 N–H and O–H groups in total. The van der Waals surface area contributed by atoms with Crippen molar-refractivity contribution in [1.29, 1.82) is 0 Å². The molecule has 0 spiro atoms. The summed E-state index contributed by atoms with van der Waals surface area (Å²) in [5, 5.41) is 6.01. The van der Waals surface area contributed by atoms with Crippen LogP contribution in [0, 0.1) is 0 Å². The van der Waals surface area contributed by atoms with Crippen LogP contribution in [0.25, 0.3) is 0 Å². The zero-order chi connectivity index (χ0) is 11.8. The van der Waals surface area contributed by atoms with Gasteiger partial charge in [0.1, 0.15) is 0 Å². The van der Waals surface area contributed by atoms with Gasteiger partial charge in [0.2, 0.25) is 0 Å². The topological polar surface area (TPSA) is 15.3 Å². The number of rotatable bonds is 4. The van der Waals surface area contributed by atoms with Gasteiger partial charge >= 0.3 is 0 Å². The first kappa shape index (κ1) is 11.7. The van der Waals surface area contributed by atoms with Gasteiger partial charge in [0.25, 0.3) is 0 Å². The molecular formula is C14H22N2S. The monoisotopic (exact) mass is 250 g/mol. The van der Waals surface area contributed by atoms with Crippen LogP contribution in [-0.4, -0.2) is 23.5 Å². The number of hydrogen-bond donors (Lipinski definition) is 1. The minimum atomic E-state index is 0.679. The van der Waals surface area contributed by atoms with Gasteiger partial charge in [-0.1, -0.05) is 0 Å². The van der Waals surface area contributed by atoms with Crippen LogP contribution in [0.2, 0.25) is 0 Å². The Kier molecular flexibility index (Phi) is 3.24. The second-order valence-electron chi connectivity index (χ2n) is 5.63. The Bertz CT molecular complexity index is 379. The summed E-state index contributed by atoms with van der Waals surface area (Å²) in [6.07, 6.45) is 4.01. The van der Waals surface area contributed by atoms with Gasteiger partial charge in [0, 0.05) is 36.6 Å². The van der Waals surface area contributed by atoms with Gasteiger partial charge in [-0.05, 0) is 49.6 Å². The van der Waals surface area contributed by atoms with Crippen LogP contribution in [0.4, 0.5) is 0 Å². The van der Waals surface area contributed by atoms with Crippen LogP contribution >= 0.6 is 11.3 Å². The Morgan fingerprint density at radius 2 is 2.29 bits per heavy atom. The highest BCUT2D eigenvalue weighted by atomic mass is 32.1. The fraction of sp³-hybridized carbons (Fsp3) is 0.714. The molecule has 2 nitrogen and oxygen atoms in total. The second-order valence-corrected chi connectivity index (χ2v) is 6.60. The maximum Gasteiger partial charge on any atom is 0.0333 e. The van der Waals surface area contributed by atoms with Gasteiger partial charge in [-0.3, -0.25) is 4.90 Å². The third-order valence-corrected chi connectivity index (χ3v) is 5.01. The molecule has 94 valence electrons. The Hall–Kier alpha value is -0.380. The van der Waals surface area contributed by atoms with Crippen molar-refractivity contribution in [1.82, 2.24) is 10.2 Å². The summed E-state index contributed by atoms with van der Waals surface area (Å²) >= 11 is 1.96. The van der Waals surface area contributed by atoms with Gasteiger partial charge < -0.3 is 5.32 Å². The predicted molar refractivity (Wildman–Crippen MR) is 73.4 cm³/mol. The van der Waals surface area contributed by atoms with E-state index in [9.17, 15) is 0 Å². The first-order valence-corrected chi connectivity index (χ1v) is 7.67. The van der Waals surface area contributed by atoms with Crippen molar-refractivity contribution in [3.8, 4) is 0 Å². The van der Waals surface area contributed by atoms with Crippen LogP contribution in [0.3, 0.4) is 0 Å². The molecule has 1 aliphatic heterocycles. The van der Waals surface area contributed by atoms with Crippen LogP contribution in [0.5, 0.6) is 0 Å². The number of nitrogens with one attached hydrogen (secondary N) is 1. The summed E-state index contributed by atoms with van der Waals surface area (Å²) in [7, 11) is 0. The SMILES string of the molecule is CC(C)N1CCc2c(CNC3CC3)csc2C1. The highest BCUT2D eigenvalue weighted by Gasteiger charge is 2.24. The van der Waals surface area contributed by atoms with E-state index in [1.54, 1.807) is 16.0 Å². The molecule has 0 atom stereocenters. The highest BCUT2D eigenvalue weighted by Crippen LogP contribution is 2.30. The van der Waals surface area contributed by atoms with E-state index in [-0.39, 0.29) is 0 Å². The normalized spacial score (nSPS) is 20.9. The van der Waals surface area contributed by atoms with Gasteiger partial charge in [-0.2, -0.15) is 0 Å². The lowest BCUT2D eigenvalue weighted by atomic mass is 10.0. The molecule has 3 heteroatoms. The molecule has 0 bridgehead atoms. The Morgan fingerprint density at radius 3 is 3.00 bits per heavy atom. The molecule has 1 aromatic rings. The Labute approximate surface area is 108 Å². The van der Waals surface area contributed by atoms with E-state index >= 15 is 0 Å². The van der Waals surface area contributed by atoms with Crippen molar-refractivity contribution in [2.24, 2.45) is 0 Å². The largest absolute Gasteiger partial charge is 0.310 e. The third-order valence-electron chi connectivity index (χ3n) is 3.95. The fourth-order valence-electron chi connectivity index (χ4n) is 2.55. The summed E-state index contributed by atoms with van der Waals surface area (Å²) in [5.74, 6) is 0. The third kappa shape index (κ3) is 2.56. The molecule has 1 aromatic heterocycles. The summed E-state index contributed by atoms with van der Waals surface area (Å²) in [5.41, 5.74) is 3.22. The summed E-state index contributed by atoms with van der Waals surface area (Å²) < 4.78 is 0. The average molecular weight is 250 g/mol. The maximum absolute atomic E-state index is 3.64. The molecule has 2 aliphatic rings. The van der Waals surface area contributed by atoms with E-state index < -0.39 is 0 Å². The molecule has 1 fully saturated rings. The predicted octanol–water partition coefficient (Wildman–Crippen LogP) is 2.77. The lowest BCUT2D eigenvalue weighted by Crippen LogP contribution is -2.35. The first-order valence-electron chi connectivity index (χ1n) is 6.79. The average Bonchev–Trinajstić information content (AvgIpc) is 3.06. The van der Waals surface area contributed by atoms with Crippen molar-refractivity contribution >= 4 is 11.3 Å². The highest BCUT2D eigenvalue weighted by molar-refractivity contribution is 7.10. The Balaban J connectivity index is 1.68. The molecule has 0 unspecified atom stereocenters. The molecule has 0 radical (unpaired) electrons. The lowest BCUT2D eigenvalue weighted by Gasteiger charge is -2.30. The minimum absolute atomic E-state index is 0.679. The Morgan fingerprint density at radius 1 is 1.47 bits per heavy atom. The zero-order valence-corrected chi connectivity index (χ0v) is 11.6. The van der Waals surface area contributed by atoms with Crippen LogP contribution < -0.4 is 5.32 Å². The summed E-state index contributed by atoms with van der Waals surface area (Å²) in [6, 6.07) is 1.50. The molecule has 3 rings (SSSR count). The van der Waals surface area contributed by atoms with Gasteiger partial charge in [-0.15, -0.1) is 11.3 Å². The maximum atomic E-state index is 3.64. The van der Waals surface area contributed by atoms with Gasteiger partial charge in [0.05, 0.1) is 0 Å². The molecular weight excluding hydrogens is 228 g/mol. The first-order chi connectivity index (χ1) is 8.24. The van der Waals surface area contributed by atoms with Crippen molar-refractivity contribution in [3.63, 3.8) is 0 Å². The molecule has 2 heterocycles. The van der Waals surface area contributed by atoms with Crippen LogP contribution in [-0.2, 0) is 19.5 Å². The fourth-order valence-corrected chi connectivity index (χ4v) is 3.67. The van der Waals surface area contributed by atoms with E-state index in [2.05, 4.69) is 29.4 Å². The van der Waals surface area contributed by atoms with Crippen LogP contribution in [0.15, 0.2) is 5.38 Å². The molecule has 0 aromatic carbocycles. The van der Waals surface area contributed by atoms with Crippen molar-refractivity contribution < 1.29 is 0 Å². The molecule has 17 heavy (non-hydrogen) atoms. The summed E-state index contributed by atoms with van der Waals surface area (Å²) in [6.45, 7) is 8.10. The van der Waals surface area contributed by atoms with Crippen molar-refractivity contribution in [2.75, 3.05) is 6.54 Å². The lowest BCUT2D eigenvalue weighted by molar-refractivity contribution is 0.206. The number of fused-ring (bicyclic) bond motifs is 1. The van der Waals surface area contributed by atoms with E-state index in [4.69, 9.17) is 0 Å². The minimum Gasteiger partial charge on any atom is -0.310 e. The molecule has 0 amide bonds. The van der Waals surface area contributed by atoms with E-state index in [0.29, 0.717) is 6.04 Å². The zero-order valence-electron chi connectivity index (χ0n) is 10.8. The van der Waals surface area contributed by atoms with Gasteiger partial charge in [0.15, 0.2) is 0 Å². The van der Waals surface area contributed by atoms with Crippen molar-refractivity contribution in [2.45, 2.75) is 58.3 Å². The number of hydrogen-bond acceptors (Lipinski definition) is 3. The molecule has 1 saturated carbocycles. The van der Waals surface area contributed by atoms with Crippen LogP contribution in [0.1, 0.15) is 42.7 Å². The summed E-state index contributed by atoms with van der Waals surface area (Å²) in [4.78, 5) is 4.19. The van der Waals surface area contributed by atoms with Crippen molar-refractivity contribution in [3.05, 3.63) is 21.4 Å². The van der Waals surface area contributed by atoms with E-state index in [1.165, 1.54) is 32.4 Å². The number of thiophene rings is 1. The number of nitrogens with zero attached hydrogens (tertiary/aromatic N) is 1. The molecule has 1 aliphatic carbocycles. The quantitative estimate of drug-likeness (QED) is 0.884. The smallest absolute Gasteiger partial charge is 0.0333 e. The molecule has 0 saturated heterocycles. The van der Waals surface area contributed by atoms with Gasteiger partial charge in [-0.25, -0.2) is 0 Å². The standard InChI is InChI=1S/C14H22N2S/c1-10(2)16-6-5-13-11(7-15-12-3-4-12)9-17-14(13)8-16/h9-10,12,15H,3-8H2,1-2H3. The second kappa shape index (κ2) is 4.71. The van der Waals surface area contributed by atoms with E-state index in [1.807, 2.05) is 11.3 Å².